The van der Waals surface area contributed by atoms with E-state index in [4.69, 9.17) is 9.84 Å². The topological polar surface area (TPSA) is 65.0 Å². The number of para-hydroxylation sites is 1. The smallest absolute Gasteiger partial charge is 0.409 e. The van der Waals surface area contributed by atoms with Crippen molar-refractivity contribution in [2.75, 3.05) is 50.6 Å². The van der Waals surface area contributed by atoms with E-state index in [1.165, 1.54) is 0 Å². The van der Waals surface area contributed by atoms with Crippen LogP contribution in [0.25, 0.3) is 0 Å². The second-order valence-corrected chi connectivity index (χ2v) is 4.58. The molecule has 0 unspecified atom stereocenters. The third-order valence-electron chi connectivity index (χ3n) is 3.28. The maximum atomic E-state index is 10.8. The van der Waals surface area contributed by atoms with Gasteiger partial charge in [-0.1, -0.05) is 6.07 Å². The van der Waals surface area contributed by atoms with Gasteiger partial charge in [-0.3, -0.25) is 5.32 Å². The summed E-state index contributed by atoms with van der Waals surface area (Å²) in [5.41, 5.74) is 1.41. The molecule has 1 aromatic carbocycles. The zero-order valence-electron chi connectivity index (χ0n) is 11.2. The van der Waals surface area contributed by atoms with E-state index in [2.05, 4.69) is 22.2 Å². The number of nitrogens with zero attached hydrogens (tertiary/aromatic N) is 2. The van der Waals surface area contributed by atoms with Crippen LogP contribution in [0.1, 0.15) is 0 Å². The summed E-state index contributed by atoms with van der Waals surface area (Å²) in [5.74, 6) is 0.578. The zero-order chi connectivity index (χ0) is 13.8. The SMILES string of the molecule is COc1c(NC(=O)O)cccc1N1CCN(C)CC1. The Kier molecular flexibility index (Phi) is 4.11. The molecule has 1 amide bonds. The molecule has 1 aromatic rings. The molecule has 2 rings (SSSR count). The van der Waals surface area contributed by atoms with Crippen molar-refractivity contribution in [3.8, 4) is 5.75 Å². The van der Waals surface area contributed by atoms with E-state index in [0.29, 0.717) is 11.4 Å². The fraction of sp³-hybridized carbons (Fsp3) is 0.462. The second-order valence-electron chi connectivity index (χ2n) is 4.58. The number of nitrogens with one attached hydrogen (secondary N) is 1. The summed E-state index contributed by atoms with van der Waals surface area (Å²) in [6.07, 6.45) is -1.09. The Morgan fingerprint density at radius 1 is 1.32 bits per heavy atom. The second kappa shape index (κ2) is 5.79. The molecular weight excluding hydrogens is 246 g/mol. The highest BCUT2D eigenvalue weighted by molar-refractivity contribution is 5.87. The van der Waals surface area contributed by atoms with E-state index in [1.807, 2.05) is 12.1 Å². The van der Waals surface area contributed by atoms with Crippen molar-refractivity contribution in [2.24, 2.45) is 0 Å². The van der Waals surface area contributed by atoms with Crippen LogP contribution in [0.3, 0.4) is 0 Å². The van der Waals surface area contributed by atoms with Gasteiger partial charge in [0.15, 0.2) is 5.75 Å². The maximum Gasteiger partial charge on any atom is 0.409 e. The highest BCUT2D eigenvalue weighted by atomic mass is 16.5. The van der Waals surface area contributed by atoms with Crippen molar-refractivity contribution < 1.29 is 14.6 Å². The van der Waals surface area contributed by atoms with Gasteiger partial charge in [-0.2, -0.15) is 0 Å². The van der Waals surface area contributed by atoms with Gasteiger partial charge in [-0.25, -0.2) is 4.79 Å². The molecule has 0 bridgehead atoms. The van der Waals surface area contributed by atoms with Crippen LogP contribution in [-0.2, 0) is 0 Å². The lowest BCUT2D eigenvalue weighted by molar-refractivity contribution is 0.209. The molecule has 0 aromatic heterocycles. The number of methoxy groups -OCH3 is 1. The Labute approximate surface area is 112 Å². The van der Waals surface area contributed by atoms with Crippen LogP contribution in [0.15, 0.2) is 18.2 Å². The van der Waals surface area contributed by atoms with Crippen LogP contribution < -0.4 is 15.0 Å². The summed E-state index contributed by atoms with van der Waals surface area (Å²) >= 11 is 0. The first-order valence-corrected chi connectivity index (χ1v) is 6.22. The van der Waals surface area contributed by atoms with Crippen molar-refractivity contribution in [1.29, 1.82) is 0 Å². The number of ether oxygens (including phenoxy) is 1. The highest BCUT2D eigenvalue weighted by Gasteiger charge is 2.19. The van der Waals surface area contributed by atoms with Crippen LogP contribution >= 0.6 is 0 Å². The molecule has 1 aliphatic heterocycles. The number of benzene rings is 1. The molecule has 6 nitrogen and oxygen atoms in total. The minimum Gasteiger partial charge on any atom is -0.492 e. The number of likely N-dealkylation sites (N-methyl/N-ethyl adjacent to an activating group) is 1. The Morgan fingerprint density at radius 3 is 2.58 bits per heavy atom. The Bertz CT molecular complexity index is 456. The average molecular weight is 265 g/mol. The van der Waals surface area contributed by atoms with Gasteiger partial charge in [-0.05, 0) is 19.2 Å². The number of hydrogen-bond donors (Lipinski definition) is 2. The molecule has 6 heteroatoms. The molecule has 0 atom stereocenters. The molecule has 0 radical (unpaired) electrons. The predicted molar refractivity (Wildman–Crippen MR) is 74.4 cm³/mol. The van der Waals surface area contributed by atoms with Crippen LogP contribution in [0.5, 0.6) is 5.75 Å². The van der Waals surface area contributed by atoms with Crippen molar-refractivity contribution in [3.05, 3.63) is 18.2 Å². The number of amides is 1. The summed E-state index contributed by atoms with van der Waals surface area (Å²) in [6.45, 7) is 3.78. The first-order chi connectivity index (χ1) is 9.11. The van der Waals surface area contributed by atoms with Gasteiger partial charge in [0.2, 0.25) is 0 Å². The van der Waals surface area contributed by atoms with Gasteiger partial charge in [0.05, 0.1) is 18.5 Å². The predicted octanol–water partition coefficient (Wildman–Crippen LogP) is 1.54. The molecule has 1 fully saturated rings. The van der Waals surface area contributed by atoms with E-state index in [9.17, 15) is 4.79 Å². The lowest BCUT2D eigenvalue weighted by Crippen LogP contribution is -2.44. The third kappa shape index (κ3) is 3.08. The molecule has 1 heterocycles. The number of piperazine rings is 1. The Morgan fingerprint density at radius 2 is 2.00 bits per heavy atom. The number of anilines is 2. The zero-order valence-corrected chi connectivity index (χ0v) is 11.2. The van der Waals surface area contributed by atoms with Gasteiger partial charge in [0.25, 0.3) is 0 Å². The molecule has 1 aliphatic rings. The number of rotatable bonds is 3. The third-order valence-corrected chi connectivity index (χ3v) is 3.28. The van der Waals surface area contributed by atoms with Crippen LogP contribution in [-0.4, -0.2) is 56.4 Å². The lowest BCUT2D eigenvalue weighted by atomic mass is 10.2. The first-order valence-electron chi connectivity index (χ1n) is 6.22. The molecule has 0 saturated carbocycles. The monoisotopic (exact) mass is 265 g/mol. The molecule has 2 N–H and O–H groups in total. The highest BCUT2D eigenvalue weighted by Crippen LogP contribution is 2.36. The van der Waals surface area contributed by atoms with Gasteiger partial charge in [0.1, 0.15) is 0 Å². The van der Waals surface area contributed by atoms with Crippen LogP contribution in [0, 0.1) is 0 Å². The molecule has 1 saturated heterocycles. The summed E-state index contributed by atoms with van der Waals surface area (Å²) in [7, 11) is 3.65. The van der Waals surface area contributed by atoms with E-state index < -0.39 is 6.09 Å². The van der Waals surface area contributed by atoms with Crippen molar-refractivity contribution in [3.63, 3.8) is 0 Å². The maximum absolute atomic E-state index is 10.8. The van der Waals surface area contributed by atoms with Crippen molar-refractivity contribution in [2.45, 2.75) is 0 Å². The van der Waals surface area contributed by atoms with E-state index in [-0.39, 0.29) is 0 Å². The fourth-order valence-electron chi connectivity index (χ4n) is 2.25. The number of carboxylic acid groups (broad SMARTS) is 1. The Hall–Kier alpha value is -1.95. The van der Waals surface area contributed by atoms with Crippen molar-refractivity contribution >= 4 is 17.5 Å². The van der Waals surface area contributed by atoms with E-state index in [1.54, 1.807) is 13.2 Å². The largest absolute Gasteiger partial charge is 0.492 e. The minimum atomic E-state index is -1.09. The summed E-state index contributed by atoms with van der Waals surface area (Å²) in [5, 5.41) is 11.2. The molecule has 104 valence electrons. The van der Waals surface area contributed by atoms with Gasteiger partial charge < -0.3 is 19.6 Å². The summed E-state index contributed by atoms with van der Waals surface area (Å²) in [4.78, 5) is 15.3. The number of carbonyl (C=O) groups is 1. The van der Waals surface area contributed by atoms with Crippen LogP contribution in [0.2, 0.25) is 0 Å². The average Bonchev–Trinajstić information content (AvgIpc) is 2.38. The van der Waals surface area contributed by atoms with Crippen molar-refractivity contribution in [1.82, 2.24) is 4.90 Å². The Balaban J connectivity index is 2.26. The summed E-state index contributed by atoms with van der Waals surface area (Å²) < 4.78 is 5.38. The normalized spacial score (nSPS) is 16.2. The van der Waals surface area contributed by atoms with Gasteiger partial charge >= 0.3 is 6.09 Å². The number of hydrogen-bond acceptors (Lipinski definition) is 4. The summed E-state index contributed by atoms with van der Waals surface area (Å²) in [6, 6.07) is 5.49. The van der Waals surface area contributed by atoms with Gasteiger partial charge in [-0.15, -0.1) is 0 Å². The first kappa shape index (κ1) is 13.5. The van der Waals surface area contributed by atoms with E-state index >= 15 is 0 Å². The fourth-order valence-corrected chi connectivity index (χ4v) is 2.25. The minimum absolute atomic E-state index is 0.478. The van der Waals surface area contributed by atoms with Crippen LogP contribution in [0.4, 0.5) is 16.2 Å². The molecule has 0 aliphatic carbocycles. The standard InChI is InChI=1S/C13H19N3O3/c1-15-6-8-16(9-7-15)11-5-3-4-10(12(11)19-2)14-13(17)18/h3-5,14H,6-9H2,1-2H3,(H,17,18). The van der Waals surface area contributed by atoms with E-state index in [0.717, 1.165) is 31.9 Å². The quantitative estimate of drug-likeness (QED) is 0.868. The molecular formula is C13H19N3O3. The molecule has 19 heavy (non-hydrogen) atoms. The lowest BCUT2D eigenvalue weighted by Gasteiger charge is -2.35. The van der Waals surface area contributed by atoms with Gasteiger partial charge in [0, 0.05) is 26.2 Å². The molecule has 0 spiro atoms.